The molecule has 6 heteroatoms. The number of nitrogens with zero attached hydrogens (tertiary/aromatic N) is 2. The van der Waals surface area contributed by atoms with Crippen LogP contribution in [0.1, 0.15) is 48.9 Å². The van der Waals surface area contributed by atoms with Crippen LogP contribution in [0.5, 0.6) is 0 Å². The molecular weight excluding hydrogens is 969 g/mol. The Kier molecular flexibility index (Phi) is 9.78. The van der Waals surface area contributed by atoms with E-state index < -0.39 is 0 Å². The number of thiophene rings is 3. The fraction of sp³-hybridized carbons (Fsp3) is 0.0870. The van der Waals surface area contributed by atoms with Gasteiger partial charge in [-0.2, -0.15) is 0 Å². The fourth-order valence-corrected chi connectivity index (χ4v) is 16.2. The standard InChI is InChI=1S/C69H46N2OS3/c1-2-43-44(20-13-22-54(40-29-32-49-47-17-5-10-26-60(47)74-64(49)38-40)70-69(43)42-30-33-50-48-18-6-11-27-61(48)75-65(50)39-42)51-21-14-25-59-67(51)53-37-41(31-35-58(53)72-59)66-57(34-36-63-68(66)52-19-7-12-28-62(52)73-63)71-55-23-8-3-15-45(55)46-16-4-9-24-56(46)71/h3-12,14-21,23-39,43,69H,2,13,22H2,1H3/b44-20+,70-54+. The predicted octanol–water partition coefficient (Wildman–Crippen LogP) is 20.9. The van der Waals surface area contributed by atoms with Crippen molar-refractivity contribution < 1.29 is 4.42 Å². The highest BCUT2D eigenvalue weighted by atomic mass is 32.1. The molecule has 0 aliphatic carbocycles. The van der Waals surface area contributed by atoms with Crippen LogP contribution in [0.2, 0.25) is 0 Å². The van der Waals surface area contributed by atoms with Crippen LogP contribution in [0.4, 0.5) is 0 Å². The lowest BCUT2D eigenvalue weighted by molar-refractivity contribution is 0.520. The molecule has 75 heavy (non-hydrogen) atoms. The smallest absolute Gasteiger partial charge is 0.136 e. The van der Waals surface area contributed by atoms with Crippen molar-refractivity contribution in [3.63, 3.8) is 0 Å². The summed E-state index contributed by atoms with van der Waals surface area (Å²) in [6.07, 6.45) is 5.19. The Labute approximate surface area is 444 Å². The maximum Gasteiger partial charge on any atom is 0.136 e. The van der Waals surface area contributed by atoms with Crippen LogP contribution in [0, 0.1) is 5.92 Å². The van der Waals surface area contributed by atoms with E-state index in [0.29, 0.717) is 0 Å². The zero-order valence-electron chi connectivity index (χ0n) is 41.0. The maximum absolute atomic E-state index is 6.92. The molecule has 0 spiro atoms. The Morgan fingerprint density at radius 1 is 0.480 bits per heavy atom. The second kappa shape index (κ2) is 17.0. The number of allylic oxidation sites excluding steroid dienone is 1. The number of para-hydroxylation sites is 2. The van der Waals surface area contributed by atoms with Gasteiger partial charge in [-0.1, -0.05) is 146 Å². The van der Waals surface area contributed by atoms with Gasteiger partial charge in [0.2, 0.25) is 0 Å². The minimum Gasteiger partial charge on any atom is -0.456 e. The average molecular weight is 1020 g/mol. The van der Waals surface area contributed by atoms with Gasteiger partial charge in [0, 0.05) is 99.3 Å². The molecule has 15 aromatic rings. The summed E-state index contributed by atoms with van der Waals surface area (Å²) in [5, 5.41) is 12.6. The molecule has 0 saturated heterocycles. The van der Waals surface area contributed by atoms with Crippen molar-refractivity contribution in [3.8, 4) is 16.8 Å². The molecule has 0 radical (unpaired) electrons. The highest BCUT2D eigenvalue weighted by Gasteiger charge is 2.31. The summed E-state index contributed by atoms with van der Waals surface area (Å²) < 4.78 is 17.3. The van der Waals surface area contributed by atoms with Gasteiger partial charge in [0.1, 0.15) is 11.2 Å². The summed E-state index contributed by atoms with van der Waals surface area (Å²) in [5.74, 6) is 0.0896. The molecule has 2 atom stereocenters. The van der Waals surface area contributed by atoms with E-state index in [1.807, 2.05) is 34.0 Å². The van der Waals surface area contributed by atoms with Crippen molar-refractivity contribution in [1.29, 1.82) is 0 Å². The highest BCUT2D eigenvalue weighted by molar-refractivity contribution is 7.26. The molecule has 356 valence electrons. The van der Waals surface area contributed by atoms with Crippen molar-refractivity contribution in [2.75, 3.05) is 0 Å². The van der Waals surface area contributed by atoms with Crippen LogP contribution in [0.15, 0.2) is 222 Å². The number of hydrogen-bond acceptors (Lipinski definition) is 5. The van der Waals surface area contributed by atoms with Gasteiger partial charge >= 0.3 is 0 Å². The van der Waals surface area contributed by atoms with Crippen molar-refractivity contribution in [3.05, 3.63) is 229 Å². The molecule has 5 aromatic heterocycles. The molecular formula is C69H46N2OS3. The Morgan fingerprint density at radius 2 is 1.09 bits per heavy atom. The van der Waals surface area contributed by atoms with Gasteiger partial charge in [-0.25, -0.2) is 0 Å². The second-order valence-corrected chi connectivity index (χ2v) is 23.4. The summed E-state index contributed by atoms with van der Waals surface area (Å²) in [7, 11) is 0. The third-order valence-corrected chi connectivity index (χ3v) is 19.6. The van der Waals surface area contributed by atoms with Crippen LogP contribution in [-0.2, 0) is 0 Å². The Hall–Kier alpha value is -8.13. The number of aliphatic imine (C=N–C) groups is 1. The van der Waals surface area contributed by atoms with E-state index in [-0.39, 0.29) is 12.0 Å². The third kappa shape index (κ3) is 6.66. The third-order valence-electron chi connectivity index (χ3n) is 16.2. The minimum absolute atomic E-state index is 0.0896. The topological polar surface area (TPSA) is 30.4 Å². The van der Waals surface area contributed by atoms with Gasteiger partial charge in [0.05, 0.1) is 22.8 Å². The van der Waals surface area contributed by atoms with Crippen LogP contribution >= 0.6 is 34.0 Å². The SMILES string of the molecule is CCC1/C(c2cccc3oc4ccc(-c5c(-n6c7ccccc7c7ccccc76)ccc6sc7ccccc7c56)cc4c23)=C\CC/C(c2ccc3c(c2)sc2ccccc23)=N\C1c1ccc2c(c1)sc1ccccc12. The number of hydrogen-bond donors (Lipinski definition) is 0. The van der Waals surface area contributed by atoms with Gasteiger partial charge in [0.15, 0.2) is 0 Å². The normalized spacial score (nSPS) is 17.0. The Balaban J connectivity index is 0.899. The quantitative estimate of drug-likeness (QED) is 0.163. The Bertz CT molecular complexity index is 4860. The van der Waals surface area contributed by atoms with Crippen LogP contribution in [0.3, 0.4) is 0 Å². The first kappa shape index (κ1) is 43.3. The molecule has 6 heterocycles. The van der Waals surface area contributed by atoms with Gasteiger partial charge in [-0.3, -0.25) is 4.99 Å². The number of fused-ring (bicyclic) bond motifs is 15. The largest absolute Gasteiger partial charge is 0.456 e. The lowest BCUT2D eigenvalue weighted by atomic mass is 9.79. The van der Waals surface area contributed by atoms with Crippen molar-refractivity contribution in [2.24, 2.45) is 10.9 Å². The van der Waals surface area contributed by atoms with E-state index >= 15 is 0 Å². The predicted molar refractivity (Wildman–Crippen MR) is 325 cm³/mol. The van der Waals surface area contributed by atoms with E-state index in [1.54, 1.807) is 0 Å². The molecule has 3 nitrogen and oxygen atoms in total. The second-order valence-electron chi connectivity index (χ2n) is 20.2. The highest BCUT2D eigenvalue weighted by Crippen LogP contribution is 2.50. The number of rotatable bonds is 6. The number of furan rings is 1. The zero-order valence-corrected chi connectivity index (χ0v) is 43.5. The van der Waals surface area contributed by atoms with Crippen LogP contribution in [0.25, 0.3) is 127 Å². The molecule has 1 aliphatic heterocycles. The van der Waals surface area contributed by atoms with E-state index in [2.05, 4.69) is 224 Å². The molecule has 0 fully saturated rings. The first-order valence-electron chi connectivity index (χ1n) is 26.1. The number of aromatic nitrogens is 1. The lowest BCUT2D eigenvalue weighted by Crippen LogP contribution is -2.18. The van der Waals surface area contributed by atoms with E-state index in [0.717, 1.165) is 35.8 Å². The summed E-state index contributed by atoms with van der Waals surface area (Å²) in [5.41, 5.74) is 14.0. The van der Waals surface area contributed by atoms with Gasteiger partial charge in [-0.15, -0.1) is 34.0 Å². The number of benzene rings is 10. The van der Waals surface area contributed by atoms with Crippen LogP contribution < -0.4 is 0 Å². The molecule has 0 bridgehead atoms. The summed E-state index contributed by atoms with van der Waals surface area (Å²) in [6.45, 7) is 2.36. The van der Waals surface area contributed by atoms with E-state index in [1.165, 1.54) is 132 Å². The molecule has 0 saturated carbocycles. The first-order chi connectivity index (χ1) is 37.1. The lowest BCUT2D eigenvalue weighted by Gasteiger charge is -2.30. The summed E-state index contributed by atoms with van der Waals surface area (Å²) in [6, 6.07) is 76.7. The molecule has 2 unspecified atom stereocenters. The van der Waals surface area contributed by atoms with E-state index in [4.69, 9.17) is 9.41 Å². The molecule has 1 aliphatic rings. The summed E-state index contributed by atoms with van der Waals surface area (Å²) >= 11 is 5.64. The minimum atomic E-state index is -0.119. The van der Waals surface area contributed by atoms with Crippen molar-refractivity contribution in [1.82, 2.24) is 4.57 Å². The van der Waals surface area contributed by atoms with Crippen molar-refractivity contribution in [2.45, 2.75) is 32.2 Å². The molecule has 0 amide bonds. The fourth-order valence-electron chi connectivity index (χ4n) is 12.8. The Morgan fingerprint density at radius 3 is 1.83 bits per heavy atom. The first-order valence-corrected chi connectivity index (χ1v) is 28.6. The van der Waals surface area contributed by atoms with Crippen LogP contribution in [-0.4, -0.2) is 10.3 Å². The van der Waals surface area contributed by atoms with E-state index in [9.17, 15) is 0 Å². The average Bonchev–Trinajstić information content (AvgIpc) is 4.28. The van der Waals surface area contributed by atoms with Gasteiger partial charge in [-0.05, 0) is 120 Å². The maximum atomic E-state index is 6.92. The monoisotopic (exact) mass is 1010 g/mol. The summed E-state index contributed by atoms with van der Waals surface area (Å²) in [4.78, 5) is 6.00. The van der Waals surface area contributed by atoms with Gasteiger partial charge in [0.25, 0.3) is 0 Å². The molecule has 16 rings (SSSR count). The van der Waals surface area contributed by atoms with Gasteiger partial charge < -0.3 is 8.98 Å². The van der Waals surface area contributed by atoms with Crippen molar-refractivity contribution >= 4 is 150 Å². The molecule has 0 N–H and O–H groups in total. The zero-order chi connectivity index (χ0) is 49.3. The molecule has 10 aromatic carbocycles.